The number of benzene rings is 2. The first-order chi connectivity index (χ1) is 19.2. The van der Waals surface area contributed by atoms with Crippen LogP contribution < -0.4 is 16.0 Å². The highest BCUT2D eigenvalue weighted by atomic mass is 35.5. The van der Waals surface area contributed by atoms with Gasteiger partial charge in [-0.25, -0.2) is 9.59 Å². The fourth-order valence-corrected chi connectivity index (χ4v) is 3.66. The topological polar surface area (TPSA) is 133 Å². The summed E-state index contributed by atoms with van der Waals surface area (Å²) >= 11 is 6.45. The average molecular weight is 584 g/mol. The van der Waals surface area contributed by atoms with E-state index in [9.17, 15) is 14.4 Å². The van der Waals surface area contributed by atoms with E-state index < -0.39 is 23.7 Å². The normalized spacial score (nSPS) is 10.7. The molecule has 3 amide bonds. The number of carbonyl (C=O) groups is 3. The van der Waals surface area contributed by atoms with Gasteiger partial charge in [0.2, 0.25) is 0 Å². The highest BCUT2D eigenvalue weighted by Crippen LogP contribution is 2.25. The molecule has 0 aliphatic heterocycles. The number of alkyl carbamates (subject to hydrolysis) is 1. The Bertz CT molecular complexity index is 1320. The number of anilines is 2. The SMILES string of the molecule is CCOC(=O)CN(C(=O)Nc1cc(Cl)c(C#CCNc2ccc(C(=N)NC(=O)OC(C)(C)C)cc2)cc1C)C(C)C. The van der Waals surface area contributed by atoms with Crippen molar-refractivity contribution < 1.29 is 23.9 Å². The summed E-state index contributed by atoms with van der Waals surface area (Å²) < 4.78 is 10.1. The molecular weight excluding hydrogens is 546 g/mol. The van der Waals surface area contributed by atoms with Crippen molar-refractivity contribution in [2.24, 2.45) is 0 Å². The van der Waals surface area contributed by atoms with Crippen molar-refractivity contribution in [1.29, 1.82) is 5.41 Å². The quantitative estimate of drug-likeness (QED) is 0.135. The minimum absolute atomic E-state index is 0.0637. The molecular formula is C30H38ClN5O5. The zero-order valence-corrected chi connectivity index (χ0v) is 25.3. The average Bonchev–Trinajstić information content (AvgIpc) is 2.86. The van der Waals surface area contributed by atoms with E-state index in [1.807, 2.05) is 20.8 Å². The van der Waals surface area contributed by atoms with Gasteiger partial charge in [-0.2, -0.15) is 0 Å². The Labute approximate surface area is 246 Å². The summed E-state index contributed by atoms with van der Waals surface area (Å²) in [5.74, 6) is 5.51. The van der Waals surface area contributed by atoms with Crippen LogP contribution in [0.4, 0.5) is 21.0 Å². The van der Waals surface area contributed by atoms with E-state index in [2.05, 4.69) is 27.8 Å². The number of urea groups is 1. The van der Waals surface area contributed by atoms with Gasteiger partial charge in [-0.1, -0.05) is 23.4 Å². The Hall–Kier alpha value is -4.23. The molecule has 2 rings (SSSR count). The molecule has 0 atom stereocenters. The molecule has 0 saturated carbocycles. The van der Waals surface area contributed by atoms with Gasteiger partial charge in [0, 0.05) is 28.5 Å². The van der Waals surface area contributed by atoms with Crippen molar-refractivity contribution in [3.63, 3.8) is 0 Å². The van der Waals surface area contributed by atoms with Crippen LogP contribution in [0.2, 0.25) is 5.02 Å². The van der Waals surface area contributed by atoms with E-state index in [0.717, 1.165) is 11.3 Å². The number of carbonyl (C=O) groups excluding carboxylic acids is 3. The van der Waals surface area contributed by atoms with Crippen LogP contribution in [0, 0.1) is 24.2 Å². The summed E-state index contributed by atoms with van der Waals surface area (Å²) in [6.45, 7) is 12.8. The summed E-state index contributed by atoms with van der Waals surface area (Å²) in [6.07, 6.45) is -0.684. The third-order valence-corrected chi connectivity index (χ3v) is 5.76. The van der Waals surface area contributed by atoms with Crippen molar-refractivity contribution in [2.75, 3.05) is 30.3 Å². The zero-order chi connectivity index (χ0) is 30.7. The number of halogens is 1. The zero-order valence-electron chi connectivity index (χ0n) is 24.5. The minimum Gasteiger partial charge on any atom is -0.465 e. The highest BCUT2D eigenvalue weighted by molar-refractivity contribution is 6.32. The molecule has 0 aromatic heterocycles. The van der Waals surface area contributed by atoms with Gasteiger partial charge in [0.05, 0.1) is 18.2 Å². The van der Waals surface area contributed by atoms with E-state index in [-0.39, 0.29) is 25.0 Å². The van der Waals surface area contributed by atoms with E-state index in [1.165, 1.54) is 4.90 Å². The molecule has 11 heteroatoms. The second-order valence-electron chi connectivity index (χ2n) is 10.3. The number of hydrogen-bond donors (Lipinski definition) is 4. The maximum atomic E-state index is 12.8. The molecule has 0 fully saturated rings. The lowest BCUT2D eigenvalue weighted by Gasteiger charge is -2.26. The number of esters is 1. The molecule has 2 aromatic rings. The molecule has 220 valence electrons. The first kappa shape index (κ1) is 33.0. The van der Waals surface area contributed by atoms with Crippen LogP contribution >= 0.6 is 11.6 Å². The maximum Gasteiger partial charge on any atom is 0.413 e. The predicted molar refractivity (Wildman–Crippen MR) is 162 cm³/mol. The predicted octanol–water partition coefficient (Wildman–Crippen LogP) is 5.77. The Kier molecular flexibility index (Phi) is 12.0. The summed E-state index contributed by atoms with van der Waals surface area (Å²) in [4.78, 5) is 38.0. The first-order valence-electron chi connectivity index (χ1n) is 13.1. The number of hydrogen-bond acceptors (Lipinski definition) is 7. The van der Waals surface area contributed by atoms with Gasteiger partial charge in [-0.3, -0.25) is 15.5 Å². The van der Waals surface area contributed by atoms with Crippen LogP contribution in [0.15, 0.2) is 36.4 Å². The van der Waals surface area contributed by atoms with Gasteiger partial charge in [-0.15, -0.1) is 0 Å². The van der Waals surface area contributed by atoms with Gasteiger partial charge < -0.3 is 25.0 Å². The number of nitrogens with zero attached hydrogens (tertiary/aromatic N) is 1. The third kappa shape index (κ3) is 11.0. The van der Waals surface area contributed by atoms with Crippen LogP contribution in [0.1, 0.15) is 58.2 Å². The highest BCUT2D eigenvalue weighted by Gasteiger charge is 2.22. The summed E-state index contributed by atoms with van der Waals surface area (Å²) in [7, 11) is 0. The van der Waals surface area contributed by atoms with Gasteiger partial charge in [0.1, 0.15) is 18.0 Å². The number of ether oxygens (including phenoxy) is 2. The standard InChI is InChI=1S/C30H38ClN5O5/c1-8-40-26(37)18-36(19(2)3)28(38)34-25-17-24(31)22(16-20(25)4)10-9-15-33-23-13-11-21(12-14-23)27(32)35-29(39)41-30(5,6)7/h11-14,16-17,19,33H,8,15,18H2,1-7H3,(H,34,38)(H2,32,35,39). The monoisotopic (exact) mass is 583 g/mol. The summed E-state index contributed by atoms with van der Waals surface area (Å²) in [5, 5.41) is 16.8. The van der Waals surface area contributed by atoms with Crippen molar-refractivity contribution in [3.05, 3.63) is 58.1 Å². The van der Waals surface area contributed by atoms with Crippen LogP contribution in [-0.4, -0.2) is 60.2 Å². The van der Waals surface area contributed by atoms with Crippen LogP contribution in [0.25, 0.3) is 0 Å². The Morgan fingerprint density at radius 1 is 1.12 bits per heavy atom. The summed E-state index contributed by atoms with van der Waals surface area (Å²) in [5.41, 5.74) is 2.54. The molecule has 41 heavy (non-hydrogen) atoms. The molecule has 2 aromatic carbocycles. The van der Waals surface area contributed by atoms with Crippen LogP contribution in [0.5, 0.6) is 0 Å². The third-order valence-electron chi connectivity index (χ3n) is 5.45. The number of amides is 3. The van der Waals surface area contributed by atoms with Crippen molar-refractivity contribution >= 4 is 46.9 Å². The van der Waals surface area contributed by atoms with E-state index in [0.29, 0.717) is 28.4 Å². The van der Waals surface area contributed by atoms with Crippen molar-refractivity contribution in [3.8, 4) is 11.8 Å². The molecule has 0 bridgehead atoms. The molecule has 0 saturated heterocycles. The second-order valence-corrected chi connectivity index (χ2v) is 10.7. The van der Waals surface area contributed by atoms with Gasteiger partial charge >= 0.3 is 18.1 Å². The molecule has 0 radical (unpaired) electrons. The smallest absolute Gasteiger partial charge is 0.413 e. The minimum atomic E-state index is -0.684. The number of rotatable bonds is 8. The van der Waals surface area contributed by atoms with Crippen molar-refractivity contribution in [1.82, 2.24) is 10.2 Å². The second kappa shape index (κ2) is 15.0. The van der Waals surface area contributed by atoms with Crippen LogP contribution in [0.3, 0.4) is 0 Å². The number of nitrogens with one attached hydrogen (secondary N) is 4. The van der Waals surface area contributed by atoms with Gasteiger partial charge in [0.25, 0.3) is 0 Å². The molecule has 0 spiro atoms. The lowest BCUT2D eigenvalue weighted by Crippen LogP contribution is -2.43. The fraction of sp³-hybridized carbons (Fsp3) is 0.400. The maximum absolute atomic E-state index is 12.8. The molecule has 4 N–H and O–H groups in total. The van der Waals surface area contributed by atoms with E-state index >= 15 is 0 Å². The van der Waals surface area contributed by atoms with Crippen LogP contribution in [-0.2, 0) is 14.3 Å². The number of aryl methyl sites for hydroxylation is 1. The van der Waals surface area contributed by atoms with Gasteiger partial charge in [-0.05, 0) is 90.4 Å². The Morgan fingerprint density at radius 2 is 1.78 bits per heavy atom. The summed E-state index contributed by atoms with van der Waals surface area (Å²) in [6, 6.07) is 9.73. The molecule has 0 unspecified atom stereocenters. The van der Waals surface area contributed by atoms with Gasteiger partial charge in [0.15, 0.2) is 0 Å². The molecule has 0 aliphatic rings. The Balaban J connectivity index is 1.98. The Morgan fingerprint density at radius 3 is 2.37 bits per heavy atom. The molecule has 0 heterocycles. The van der Waals surface area contributed by atoms with E-state index in [4.69, 9.17) is 26.5 Å². The number of amidine groups is 1. The first-order valence-corrected chi connectivity index (χ1v) is 13.5. The van der Waals surface area contributed by atoms with Crippen molar-refractivity contribution in [2.45, 2.75) is 60.1 Å². The fourth-order valence-electron chi connectivity index (χ4n) is 3.45. The lowest BCUT2D eigenvalue weighted by atomic mass is 10.1. The largest absolute Gasteiger partial charge is 0.465 e. The van der Waals surface area contributed by atoms with E-state index in [1.54, 1.807) is 64.1 Å². The molecule has 0 aliphatic carbocycles. The lowest BCUT2D eigenvalue weighted by molar-refractivity contribution is -0.144. The molecule has 10 nitrogen and oxygen atoms in total.